The van der Waals surface area contributed by atoms with Crippen LogP contribution in [0, 0.1) is 5.92 Å². The molecule has 0 heterocycles. The molecule has 0 aliphatic heterocycles. The Labute approximate surface area is 131 Å². The van der Waals surface area contributed by atoms with Gasteiger partial charge in [-0.05, 0) is 37.8 Å². The zero-order chi connectivity index (χ0) is 15.9. The first-order valence-electron chi connectivity index (χ1n) is 7.90. The molecule has 2 rings (SSSR count). The van der Waals surface area contributed by atoms with E-state index in [0.29, 0.717) is 11.7 Å². The Morgan fingerprint density at radius 2 is 1.86 bits per heavy atom. The maximum absolute atomic E-state index is 12.2. The standard InChI is InChI=1S/C17H24N2O3/c1-12-8-6-7-11-15(12)19-16(20)13(2)18-17(21)22-14-9-4-3-5-10-14/h3-5,9-10,12-13,15H,6-8,11H2,1-2H3,(H,18,21)(H,19,20)/t12-,13+,15+/m1/s1. The van der Waals surface area contributed by atoms with Gasteiger partial charge in [0.15, 0.2) is 0 Å². The van der Waals surface area contributed by atoms with Crippen molar-refractivity contribution in [2.24, 2.45) is 5.92 Å². The van der Waals surface area contributed by atoms with Crippen LogP contribution >= 0.6 is 0 Å². The highest BCUT2D eigenvalue weighted by molar-refractivity contribution is 5.85. The van der Waals surface area contributed by atoms with Gasteiger partial charge in [-0.3, -0.25) is 4.79 Å². The molecule has 0 bridgehead atoms. The third kappa shape index (κ3) is 4.76. The van der Waals surface area contributed by atoms with Gasteiger partial charge in [0.1, 0.15) is 11.8 Å². The second-order valence-electron chi connectivity index (χ2n) is 5.95. The topological polar surface area (TPSA) is 67.4 Å². The average molecular weight is 304 g/mol. The van der Waals surface area contributed by atoms with Crippen molar-refractivity contribution in [2.75, 3.05) is 0 Å². The van der Waals surface area contributed by atoms with E-state index in [0.717, 1.165) is 19.3 Å². The molecule has 1 aromatic rings. The molecule has 0 aromatic heterocycles. The van der Waals surface area contributed by atoms with Crippen LogP contribution in [0.15, 0.2) is 30.3 Å². The van der Waals surface area contributed by atoms with Crippen LogP contribution in [-0.4, -0.2) is 24.1 Å². The predicted octanol–water partition coefficient (Wildman–Crippen LogP) is 2.86. The number of hydrogen-bond donors (Lipinski definition) is 2. The maximum atomic E-state index is 12.2. The molecule has 5 heteroatoms. The van der Waals surface area contributed by atoms with Gasteiger partial charge in [-0.2, -0.15) is 0 Å². The Morgan fingerprint density at radius 3 is 2.55 bits per heavy atom. The van der Waals surface area contributed by atoms with E-state index in [4.69, 9.17) is 4.74 Å². The van der Waals surface area contributed by atoms with E-state index in [2.05, 4.69) is 17.6 Å². The van der Waals surface area contributed by atoms with Crippen LogP contribution in [0.25, 0.3) is 0 Å². The minimum atomic E-state index is -0.620. The van der Waals surface area contributed by atoms with Crippen molar-refractivity contribution in [2.45, 2.75) is 51.6 Å². The monoisotopic (exact) mass is 304 g/mol. The molecular formula is C17H24N2O3. The zero-order valence-corrected chi connectivity index (χ0v) is 13.2. The van der Waals surface area contributed by atoms with Gasteiger partial charge >= 0.3 is 6.09 Å². The van der Waals surface area contributed by atoms with Crippen LogP contribution in [0.1, 0.15) is 39.5 Å². The summed E-state index contributed by atoms with van der Waals surface area (Å²) in [4.78, 5) is 23.9. The highest BCUT2D eigenvalue weighted by Crippen LogP contribution is 2.23. The molecule has 1 aromatic carbocycles. The van der Waals surface area contributed by atoms with E-state index >= 15 is 0 Å². The smallest absolute Gasteiger partial charge is 0.410 e. The molecule has 0 unspecified atom stereocenters. The van der Waals surface area contributed by atoms with Crippen LogP contribution in [0.5, 0.6) is 5.75 Å². The maximum Gasteiger partial charge on any atom is 0.413 e. The first-order chi connectivity index (χ1) is 10.6. The Hall–Kier alpha value is -2.04. The molecule has 120 valence electrons. The highest BCUT2D eigenvalue weighted by Gasteiger charge is 2.25. The Kier molecular flexibility index (Phi) is 5.81. The predicted molar refractivity (Wildman–Crippen MR) is 84.6 cm³/mol. The van der Waals surface area contributed by atoms with E-state index in [-0.39, 0.29) is 11.9 Å². The van der Waals surface area contributed by atoms with Gasteiger partial charge in [0.2, 0.25) is 5.91 Å². The molecule has 2 N–H and O–H groups in total. The van der Waals surface area contributed by atoms with Gasteiger partial charge in [0.05, 0.1) is 0 Å². The fourth-order valence-electron chi connectivity index (χ4n) is 2.71. The molecule has 1 aliphatic carbocycles. The lowest BCUT2D eigenvalue weighted by Gasteiger charge is -2.30. The molecule has 1 aliphatic rings. The van der Waals surface area contributed by atoms with E-state index < -0.39 is 12.1 Å². The number of carbonyl (C=O) groups is 2. The fourth-order valence-corrected chi connectivity index (χ4v) is 2.71. The minimum Gasteiger partial charge on any atom is -0.410 e. The van der Waals surface area contributed by atoms with Crippen LogP contribution < -0.4 is 15.4 Å². The number of rotatable bonds is 4. The summed E-state index contributed by atoms with van der Waals surface area (Å²) in [6.45, 7) is 3.82. The molecule has 0 saturated heterocycles. The van der Waals surface area contributed by atoms with E-state index in [9.17, 15) is 9.59 Å². The number of para-hydroxylation sites is 1. The van der Waals surface area contributed by atoms with Gasteiger partial charge in [-0.1, -0.05) is 38.0 Å². The summed E-state index contributed by atoms with van der Waals surface area (Å²) >= 11 is 0. The Balaban J connectivity index is 1.79. The van der Waals surface area contributed by atoms with Crippen molar-refractivity contribution in [3.8, 4) is 5.75 Å². The van der Waals surface area contributed by atoms with Gasteiger partial charge in [-0.15, -0.1) is 0 Å². The van der Waals surface area contributed by atoms with Crippen LogP contribution in [0.4, 0.5) is 4.79 Å². The summed E-state index contributed by atoms with van der Waals surface area (Å²) in [5, 5.41) is 5.59. The van der Waals surface area contributed by atoms with Crippen LogP contribution in [0.2, 0.25) is 0 Å². The molecule has 22 heavy (non-hydrogen) atoms. The van der Waals surface area contributed by atoms with E-state index in [1.54, 1.807) is 31.2 Å². The van der Waals surface area contributed by atoms with Crippen LogP contribution in [0.3, 0.4) is 0 Å². The SMILES string of the molecule is C[C@H](NC(=O)Oc1ccccc1)C(=O)N[C@H]1CCCC[C@H]1C. The third-order valence-corrected chi connectivity index (χ3v) is 4.12. The Morgan fingerprint density at radius 1 is 1.18 bits per heavy atom. The summed E-state index contributed by atoms with van der Waals surface area (Å²) in [6, 6.07) is 8.36. The molecule has 1 saturated carbocycles. The summed E-state index contributed by atoms with van der Waals surface area (Å²) < 4.78 is 5.12. The first kappa shape index (κ1) is 16.3. The summed E-state index contributed by atoms with van der Waals surface area (Å²) in [5.41, 5.74) is 0. The lowest BCUT2D eigenvalue weighted by atomic mass is 9.86. The van der Waals surface area contributed by atoms with Gasteiger partial charge in [0, 0.05) is 6.04 Å². The molecule has 2 amide bonds. The summed E-state index contributed by atoms with van der Waals surface area (Å²) in [6.07, 6.45) is 3.90. The number of nitrogens with one attached hydrogen (secondary N) is 2. The number of benzene rings is 1. The number of carbonyl (C=O) groups excluding carboxylic acids is 2. The van der Waals surface area contributed by atoms with Crippen LogP contribution in [-0.2, 0) is 4.79 Å². The van der Waals surface area contributed by atoms with Crippen molar-refractivity contribution < 1.29 is 14.3 Å². The molecule has 0 radical (unpaired) electrons. The number of hydrogen-bond acceptors (Lipinski definition) is 3. The summed E-state index contributed by atoms with van der Waals surface area (Å²) in [5.74, 6) is 0.776. The first-order valence-corrected chi connectivity index (χ1v) is 7.90. The fraction of sp³-hybridized carbons (Fsp3) is 0.529. The summed E-state index contributed by atoms with van der Waals surface area (Å²) in [7, 11) is 0. The zero-order valence-electron chi connectivity index (χ0n) is 13.2. The molecule has 3 atom stereocenters. The minimum absolute atomic E-state index is 0.163. The van der Waals surface area contributed by atoms with E-state index in [1.165, 1.54) is 6.42 Å². The highest BCUT2D eigenvalue weighted by atomic mass is 16.6. The van der Waals surface area contributed by atoms with Gasteiger partial charge in [0.25, 0.3) is 0 Å². The van der Waals surface area contributed by atoms with Crippen molar-refractivity contribution in [3.05, 3.63) is 30.3 Å². The van der Waals surface area contributed by atoms with Crippen molar-refractivity contribution in [1.82, 2.24) is 10.6 Å². The number of ether oxygens (including phenoxy) is 1. The lowest BCUT2D eigenvalue weighted by Crippen LogP contribution is -2.50. The number of amides is 2. The molecule has 5 nitrogen and oxygen atoms in total. The van der Waals surface area contributed by atoms with E-state index in [1.807, 2.05) is 6.07 Å². The normalized spacial score (nSPS) is 22.5. The quantitative estimate of drug-likeness (QED) is 0.899. The third-order valence-electron chi connectivity index (χ3n) is 4.12. The second kappa shape index (κ2) is 7.82. The van der Waals surface area contributed by atoms with Gasteiger partial charge < -0.3 is 15.4 Å². The Bertz CT molecular complexity index is 504. The van der Waals surface area contributed by atoms with Crippen molar-refractivity contribution in [3.63, 3.8) is 0 Å². The lowest BCUT2D eigenvalue weighted by molar-refractivity contribution is -0.123. The molecule has 0 spiro atoms. The largest absolute Gasteiger partial charge is 0.413 e. The second-order valence-corrected chi connectivity index (χ2v) is 5.95. The van der Waals surface area contributed by atoms with Crippen molar-refractivity contribution >= 4 is 12.0 Å². The molecular weight excluding hydrogens is 280 g/mol. The molecule has 1 fully saturated rings. The van der Waals surface area contributed by atoms with Gasteiger partial charge in [-0.25, -0.2) is 4.79 Å². The van der Waals surface area contributed by atoms with Crippen molar-refractivity contribution in [1.29, 1.82) is 0 Å². The average Bonchev–Trinajstić information content (AvgIpc) is 2.50.